The molecule has 2 nitrogen and oxygen atoms in total. The summed E-state index contributed by atoms with van der Waals surface area (Å²) in [7, 11) is 0. The van der Waals surface area contributed by atoms with Gasteiger partial charge in [-0.2, -0.15) is 0 Å². The van der Waals surface area contributed by atoms with Gasteiger partial charge in [0.15, 0.2) is 0 Å². The molecule has 0 aromatic heterocycles. The largest absolute Gasteiger partial charge is 0.478 e. The van der Waals surface area contributed by atoms with Crippen molar-refractivity contribution in [1.82, 2.24) is 0 Å². The van der Waals surface area contributed by atoms with Crippen molar-refractivity contribution in [3.8, 4) is 0 Å². The Bertz CT molecular complexity index is 380. The van der Waals surface area contributed by atoms with Gasteiger partial charge in [0.1, 0.15) is 5.82 Å². The molecule has 0 bridgehead atoms. The van der Waals surface area contributed by atoms with Crippen molar-refractivity contribution in [2.24, 2.45) is 0 Å². The lowest BCUT2D eigenvalue weighted by Gasteiger charge is -2.20. The summed E-state index contributed by atoms with van der Waals surface area (Å²) in [6.45, 7) is 7.49. The number of benzene rings is 1. The number of hydrogen-bond donors (Lipinski definition) is 1. The molecule has 1 N–H and O–H groups in total. The lowest BCUT2D eigenvalue weighted by Crippen LogP contribution is -2.14. The molecule has 0 saturated carbocycles. The molecular weight excluding hydrogens is 195 g/mol. The first-order valence-corrected chi connectivity index (χ1v) is 4.77. The molecule has 0 saturated heterocycles. The first-order valence-electron chi connectivity index (χ1n) is 4.77. The normalized spacial score (nSPS) is 11.5. The molecule has 0 heterocycles. The van der Waals surface area contributed by atoms with Gasteiger partial charge in [-0.3, -0.25) is 0 Å². The molecule has 15 heavy (non-hydrogen) atoms. The highest BCUT2D eigenvalue weighted by Crippen LogP contribution is 2.26. The Balaban J connectivity index is 3.39. The van der Waals surface area contributed by atoms with E-state index in [0.717, 1.165) is 5.56 Å². The topological polar surface area (TPSA) is 37.3 Å². The minimum atomic E-state index is -1.22. The van der Waals surface area contributed by atoms with Gasteiger partial charge in [0, 0.05) is 0 Å². The van der Waals surface area contributed by atoms with Crippen molar-refractivity contribution < 1.29 is 14.3 Å². The second-order valence-electron chi connectivity index (χ2n) is 4.71. The molecule has 0 aliphatic heterocycles. The quantitative estimate of drug-likeness (QED) is 0.773. The van der Waals surface area contributed by atoms with E-state index in [-0.39, 0.29) is 11.0 Å². The maximum Gasteiger partial charge on any atom is 0.338 e. The number of carbonyl (C=O) groups is 1. The van der Waals surface area contributed by atoms with E-state index in [1.165, 1.54) is 6.07 Å². The van der Waals surface area contributed by atoms with Crippen LogP contribution in [0.3, 0.4) is 0 Å². The number of aromatic carboxylic acids is 1. The van der Waals surface area contributed by atoms with Gasteiger partial charge in [-0.15, -0.1) is 0 Å². The van der Waals surface area contributed by atoms with E-state index in [2.05, 4.69) is 0 Å². The Hall–Kier alpha value is -1.38. The fraction of sp³-hybridized carbons (Fsp3) is 0.417. The average Bonchev–Trinajstić information content (AvgIpc) is 1.99. The van der Waals surface area contributed by atoms with Crippen molar-refractivity contribution in [1.29, 1.82) is 0 Å². The summed E-state index contributed by atoms with van der Waals surface area (Å²) < 4.78 is 13.5. The number of hydrogen-bond acceptors (Lipinski definition) is 1. The van der Waals surface area contributed by atoms with Crippen LogP contribution in [0, 0.1) is 12.7 Å². The Kier molecular flexibility index (Phi) is 2.84. The highest BCUT2D eigenvalue weighted by Gasteiger charge is 2.20. The predicted molar refractivity (Wildman–Crippen MR) is 56.8 cm³/mol. The summed E-state index contributed by atoms with van der Waals surface area (Å²) in [5, 5.41) is 8.80. The third-order valence-corrected chi connectivity index (χ3v) is 2.37. The molecule has 0 atom stereocenters. The van der Waals surface area contributed by atoms with Gasteiger partial charge >= 0.3 is 5.97 Å². The minimum Gasteiger partial charge on any atom is -0.478 e. The third-order valence-electron chi connectivity index (χ3n) is 2.37. The Morgan fingerprint density at radius 1 is 1.33 bits per heavy atom. The molecule has 0 spiro atoms. The molecule has 1 aromatic carbocycles. The molecule has 3 heteroatoms. The van der Waals surface area contributed by atoms with E-state index in [4.69, 9.17) is 5.11 Å². The van der Waals surface area contributed by atoms with Crippen molar-refractivity contribution in [3.05, 3.63) is 34.6 Å². The predicted octanol–water partition coefficient (Wildman–Crippen LogP) is 3.13. The summed E-state index contributed by atoms with van der Waals surface area (Å²) in [6.07, 6.45) is 0. The number of aryl methyl sites for hydroxylation is 1. The van der Waals surface area contributed by atoms with Gasteiger partial charge in [0.05, 0.1) is 5.56 Å². The van der Waals surface area contributed by atoms with E-state index in [9.17, 15) is 9.18 Å². The van der Waals surface area contributed by atoms with Crippen molar-refractivity contribution >= 4 is 5.97 Å². The average molecular weight is 210 g/mol. The van der Waals surface area contributed by atoms with Crippen LogP contribution in [0.2, 0.25) is 0 Å². The molecular formula is C12H15FO2. The van der Waals surface area contributed by atoms with Crippen LogP contribution in [0.4, 0.5) is 4.39 Å². The first kappa shape index (κ1) is 11.7. The van der Waals surface area contributed by atoms with Gasteiger partial charge in [0.25, 0.3) is 0 Å². The lowest BCUT2D eigenvalue weighted by molar-refractivity contribution is 0.0691. The maximum absolute atomic E-state index is 13.5. The number of carboxylic acids is 1. The first-order chi connectivity index (χ1) is 6.73. The zero-order chi connectivity index (χ0) is 11.8. The van der Waals surface area contributed by atoms with Gasteiger partial charge in [-0.25, -0.2) is 9.18 Å². The molecule has 1 aromatic rings. The summed E-state index contributed by atoms with van der Waals surface area (Å²) >= 11 is 0. The van der Waals surface area contributed by atoms with Crippen LogP contribution in [-0.4, -0.2) is 11.1 Å². The van der Waals surface area contributed by atoms with E-state index in [0.29, 0.717) is 5.56 Å². The fourth-order valence-corrected chi connectivity index (χ4v) is 1.45. The summed E-state index contributed by atoms with van der Waals surface area (Å²) in [5.74, 6) is -1.88. The van der Waals surface area contributed by atoms with Gasteiger partial charge in [0.2, 0.25) is 0 Å². The minimum absolute atomic E-state index is 0.178. The van der Waals surface area contributed by atoms with Gasteiger partial charge in [-0.05, 0) is 29.5 Å². The summed E-state index contributed by atoms with van der Waals surface area (Å²) in [5.41, 5.74) is 0.862. The van der Waals surface area contributed by atoms with E-state index < -0.39 is 11.8 Å². The van der Waals surface area contributed by atoms with Crippen LogP contribution < -0.4 is 0 Å². The van der Waals surface area contributed by atoms with E-state index >= 15 is 0 Å². The highest BCUT2D eigenvalue weighted by molar-refractivity contribution is 5.89. The molecule has 0 amide bonds. The smallest absolute Gasteiger partial charge is 0.338 e. The maximum atomic E-state index is 13.5. The monoisotopic (exact) mass is 210 g/mol. The SMILES string of the molecule is Cc1cc(C(C)(C)C)cc(F)c1C(=O)O. The Morgan fingerprint density at radius 2 is 1.87 bits per heavy atom. The molecule has 0 unspecified atom stereocenters. The van der Waals surface area contributed by atoms with Crippen LogP contribution in [0.25, 0.3) is 0 Å². The Morgan fingerprint density at radius 3 is 2.20 bits per heavy atom. The molecule has 0 aliphatic carbocycles. The summed E-state index contributed by atoms with van der Waals surface area (Å²) in [4.78, 5) is 10.8. The highest BCUT2D eigenvalue weighted by atomic mass is 19.1. The van der Waals surface area contributed by atoms with Crippen LogP contribution in [0.15, 0.2) is 12.1 Å². The second kappa shape index (κ2) is 3.65. The van der Waals surface area contributed by atoms with Gasteiger partial charge < -0.3 is 5.11 Å². The molecule has 1 rings (SSSR count). The van der Waals surface area contributed by atoms with Crippen molar-refractivity contribution in [2.45, 2.75) is 33.1 Å². The van der Waals surface area contributed by atoms with Crippen LogP contribution in [0.1, 0.15) is 42.3 Å². The number of rotatable bonds is 1. The fourth-order valence-electron chi connectivity index (χ4n) is 1.45. The van der Waals surface area contributed by atoms with Gasteiger partial charge in [-0.1, -0.05) is 26.8 Å². The summed E-state index contributed by atoms with van der Waals surface area (Å²) in [6, 6.07) is 3.03. The number of halogens is 1. The third kappa shape index (κ3) is 2.35. The molecule has 0 radical (unpaired) electrons. The molecule has 0 fully saturated rings. The number of carboxylic acid groups (broad SMARTS) is 1. The van der Waals surface area contributed by atoms with Crippen molar-refractivity contribution in [2.75, 3.05) is 0 Å². The molecule has 0 aliphatic rings. The van der Waals surface area contributed by atoms with Crippen LogP contribution in [0.5, 0.6) is 0 Å². The van der Waals surface area contributed by atoms with E-state index in [1.54, 1.807) is 13.0 Å². The molecule has 82 valence electrons. The van der Waals surface area contributed by atoms with E-state index in [1.807, 2.05) is 20.8 Å². The Labute approximate surface area is 88.7 Å². The van der Waals surface area contributed by atoms with Crippen LogP contribution in [-0.2, 0) is 5.41 Å². The van der Waals surface area contributed by atoms with Crippen LogP contribution >= 0.6 is 0 Å². The zero-order valence-corrected chi connectivity index (χ0v) is 9.39. The van der Waals surface area contributed by atoms with Crippen molar-refractivity contribution in [3.63, 3.8) is 0 Å². The lowest BCUT2D eigenvalue weighted by atomic mass is 9.85. The second-order valence-corrected chi connectivity index (χ2v) is 4.71. The standard InChI is InChI=1S/C12H15FO2/c1-7-5-8(12(2,3)4)6-9(13)10(7)11(14)15/h5-6H,1-4H3,(H,14,15). The zero-order valence-electron chi connectivity index (χ0n) is 9.39.